The van der Waals surface area contributed by atoms with Crippen LogP contribution in [-0.2, 0) is 14.8 Å². The minimum atomic E-state index is -3.49. The molecule has 0 bridgehead atoms. The topological polar surface area (TPSA) is 46.6 Å². The molecule has 1 aliphatic rings. The van der Waals surface area contributed by atoms with Gasteiger partial charge in [-0.3, -0.25) is 0 Å². The van der Waals surface area contributed by atoms with Gasteiger partial charge in [-0.2, -0.15) is 4.31 Å². The summed E-state index contributed by atoms with van der Waals surface area (Å²) in [5, 5.41) is 0. The minimum absolute atomic E-state index is 0.241. The number of sulfonamides is 1. The third kappa shape index (κ3) is 3.08. The molecule has 0 spiro atoms. The summed E-state index contributed by atoms with van der Waals surface area (Å²) in [5.41, 5.74) is 0.781. The highest BCUT2D eigenvalue weighted by Crippen LogP contribution is 2.29. The summed E-state index contributed by atoms with van der Waals surface area (Å²) in [6.07, 6.45) is -0.370. The zero-order valence-electron chi connectivity index (χ0n) is 12.0. The zero-order valence-corrected chi connectivity index (χ0v) is 13.7. The first-order valence-electron chi connectivity index (χ1n) is 6.90. The molecule has 3 rings (SSSR count). The van der Waals surface area contributed by atoms with Crippen LogP contribution in [0.2, 0.25) is 0 Å². The quantitative estimate of drug-likeness (QED) is 0.862. The molecular formula is C15H16FNO3S2. The fourth-order valence-electron chi connectivity index (χ4n) is 2.40. The van der Waals surface area contributed by atoms with Crippen LogP contribution in [0.3, 0.4) is 0 Å². The molecule has 0 saturated carbocycles. The number of morpholine rings is 1. The lowest BCUT2D eigenvalue weighted by atomic mass is 10.1. The maximum Gasteiger partial charge on any atom is 0.252 e. The molecule has 7 heteroatoms. The Morgan fingerprint density at radius 3 is 2.59 bits per heavy atom. The number of halogens is 1. The van der Waals surface area contributed by atoms with Gasteiger partial charge in [-0.1, -0.05) is 12.1 Å². The summed E-state index contributed by atoms with van der Waals surface area (Å²) >= 11 is 1.27. The summed E-state index contributed by atoms with van der Waals surface area (Å²) in [4.78, 5) is 0.960. The third-order valence-electron chi connectivity index (χ3n) is 3.58. The number of nitrogens with zero attached hydrogens (tertiary/aromatic N) is 1. The van der Waals surface area contributed by atoms with Crippen molar-refractivity contribution in [3.05, 3.63) is 52.7 Å². The van der Waals surface area contributed by atoms with E-state index in [1.54, 1.807) is 24.3 Å². The number of thiophene rings is 1. The number of benzene rings is 1. The van der Waals surface area contributed by atoms with Crippen molar-refractivity contribution in [2.24, 2.45) is 0 Å². The fourth-order valence-corrected chi connectivity index (χ4v) is 5.26. The second-order valence-corrected chi connectivity index (χ2v) is 8.59. The average molecular weight is 341 g/mol. The summed E-state index contributed by atoms with van der Waals surface area (Å²) in [5.74, 6) is -0.321. The molecule has 0 amide bonds. The van der Waals surface area contributed by atoms with Crippen LogP contribution in [0.25, 0.3) is 0 Å². The van der Waals surface area contributed by atoms with Crippen molar-refractivity contribution in [1.29, 1.82) is 0 Å². The Hall–Kier alpha value is -1.28. The molecule has 4 nitrogen and oxygen atoms in total. The lowest BCUT2D eigenvalue weighted by Crippen LogP contribution is -2.41. The first-order chi connectivity index (χ1) is 10.5. The fraction of sp³-hybridized carbons (Fsp3) is 0.333. The van der Waals surface area contributed by atoms with Crippen LogP contribution in [0.1, 0.15) is 16.5 Å². The molecule has 1 fully saturated rings. The Labute approximate surface area is 133 Å². The van der Waals surface area contributed by atoms with Gasteiger partial charge in [0.05, 0.1) is 12.7 Å². The van der Waals surface area contributed by atoms with Crippen LogP contribution < -0.4 is 0 Å². The Morgan fingerprint density at radius 2 is 1.95 bits per heavy atom. The van der Waals surface area contributed by atoms with E-state index >= 15 is 0 Å². The highest BCUT2D eigenvalue weighted by atomic mass is 32.2. The van der Waals surface area contributed by atoms with Crippen molar-refractivity contribution >= 4 is 21.4 Å². The van der Waals surface area contributed by atoms with Crippen LogP contribution in [0.5, 0.6) is 0 Å². The largest absolute Gasteiger partial charge is 0.371 e. The van der Waals surface area contributed by atoms with Crippen LogP contribution >= 0.6 is 11.3 Å². The van der Waals surface area contributed by atoms with E-state index < -0.39 is 10.0 Å². The first-order valence-corrected chi connectivity index (χ1v) is 9.16. The molecule has 1 aromatic carbocycles. The van der Waals surface area contributed by atoms with E-state index in [4.69, 9.17) is 4.74 Å². The van der Waals surface area contributed by atoms with E-state index in [-0.39, 0.29) is 18.5 Å². The molecule has 118 valence electrons. The maximum atomic E-state index is 13.0. The summed E-state index contributed by atoms with van der Waals surface area (Å²) in [7, 11) is -3.49. The first kappa shape index (κ1) is 15.6. The van der Waals surface area contributed by atoms with Gasteiger partial charge in [-0.25, -0.2) is 12.8 Å². The molecule has 2 heterocycles. The highest BCUT2D eigenvalue weighted by molar-refractivity contribution is 7.91. The molecule has 1 unspecified atom stereocenters. The summed E-state index contributed by atoms with van der Waals surface area (Å²) in [6, 6.07) is 9.41. The lowest BCUT2D eigenvalue weighted by molar-refractivity contribution is -0.00253. The van der Waals surface area contributed by atoms with Crippen LogP contribution in [0, 0.1) is 12.7 Å². The van der Waals surface area contributed by atoms with Gasteiger partial charge >= 0.3 is 0 Å². The van der Waals surface area contributed by atoms with Gasteiger partial charge in [0.2, 0.25) is 0 Å². The Morgan fingerprint density at radius 1 is 1.23 bits per heavy atom. The second-order valence-electron chi connectivity index (χ2n) is 5.14. The van der Waals surface area contributed by atoms with E-state index in [2.05, 4.69) is 0 Å². The Balaban J connectivity index is 1.82. The van der Waals surface area contributed by atoms with Gasteiger partial charge in [0.15, 0.2) is 0 Å². The SMILES string of the molecule is Cc1ccc(S(=O)(=O)N2CCOC(c3ccc(F)cc3)C2)s1. The van der Waals surface area contributed by atoms with Gasteiger partial charge in [0.25, 0.3) is 10.0 Å². The molecular weight excluding hydrogens is 325 g/mol. The molecule has 1 saturated heterocycles. The van der Waals surface area contributed by atoms with Crippen molar-refractivity contribution in [3.8, 4) is 0 Å². The van der Waals surface area contributed by atoms with E-state index in [0.29, 0.717) is 17.4 Å². The maximum absolute atomic E-state index is 13.0. The Bertz CT molecular complexity index is 755. The summed E-state index contributed by atoms with van der Waals surface area (Å²) < 4.78 is 45.7. The number of hydrogen-bond donors (Lipinski definition) is 0. The average Bonchev–Trinajstić information content (AvgIpc) is 2.95. The van der Waals surface area contributed by atoms with Gasteiger partial charge < -0.3 is 4.74 Å². The second kappa shape index (κ2) is 6.08. The predicted molar refractivity (Wildman–Crippen MR) is 82.9 cm³/mol. The molecule has 2 aromatic rings. The van der Waals surface area contributed by atoms with Crippen molar-refractivity contribution in [2.75, 3.05) is 19.7 Å². The number of ether oxygens (including phenoxy) is 1. The normalized spacial score (nSPS) is 20.2. The van der Waals surface area contributed by atoms with Crippen molar-refractivity contribution in [1.82, 2.24) is 4.31 Å². The number of hydrogen-bond acceptors (Lipinski definition) is 4. The monoisotopic (exact) mass is 341 g/mol. The van der Waals surface area contributed by atoms with Crippen molar-refractivity contribution in [2.45, 2.75) is 17.2 Å². The Kier molecular flexibility index (Phi) is 4.31. The lowest BCUT2D eigenvalue weighted by Gasteiger charge is -2.32. The van der Waals surface area contributed by atoms with Gasteiger partial charge in [0, 0.05) is 18.0 Å². The summed E-state index contributed by atoms with van der Waals surface area (Å²) in [6.45, 7) is 2.78. The van der Waals surface area contributed by atoms with E-state index in [9.17, 15) is 12.8 Å². The smallest absolute Gasteiger partial charge is 0.252 e. The van der Waals surface area contributed by atoms with Crippen LogP contribution in [-0.4, -0.2) is 32.4 Å². The number of aryl methyl sites for hydroxylation is 1. The van der Waals surface area contributed by atoms with E-state index in [0.717, 1.165) is 10.4 Å². The molecule has 1 aromatic heterocycles. The molecule has 22 heavy (non-hydrogen) atoms. The standard InChI is InChI=1S/C15H16FNO3S2/c1-11-2-7-15(21-11)22(18,19)17-8-9-20-14(10-17)12-3-5-13(16)6-4-12/h2-7,14H,8-10H2,1H3. The zero-order chi connectivity index (χ0) is 15.7. The molecule has 1 aliphatic heterocycles. The van der Waals surface area contributed by atoms with E-state index in [1.807, 2.05) is 6.92 Å². The van der Waals surface area contributed by atoms with Gasteiger partial charge in [-0.15, -0.1) is 11.3 Å². The highest BCUT2D eigenvalue weighted by Gasteiger charge is 2.32. The third-order valence-corrected chi connectivity index (χ3v) is 6.91. The van der Waals surface area contributed by atoms with Crippen molar-refractivity contribution in [3.63, 3.8) is 0 Å². The molecule has 1 atom stereocenters. The molecule has 0 N–H and O–H groups in total. The number of rotatable bonds is 3. The van der Waals surface area contributed by atoms with E-state index in [1.165, 1.54) is 27.8 Å². The van der Waals surface area contributed by atoms with Gasteiger partial charge in [-0.05, 0) is 36.8 Å². The van der Waals surface area contributed by atoms with Gasteiger partial charge in [0.1, 0.15) is 10.0 Å². The predicted octanol–water partition coefficient (Wildman–Crippen LogP) is 2.96. The molecule has 0 aliphatic carbocycles. The van der Waals surface area contributed by atoms with Crippen LogP contribution in [0.15, 0.2) is 40.6 Å². The molecule has 0 radical (unpaired) electrons. The van der Waals surface area contributed by atoms with Crippen LogP contribution in [0.4, 0.5) is 4.39 Å². The van der Waals surface area contributed by atoms with Crippen molar-refractivity contribution < 1.29 is 17.5 Å². The minimum Gasteiger partial charge on any atom is -0.371 e.